The molecule has 62 valence electrons. The molecule has 1 rings (SSSR count). The molecule has 2 heteroatoms. The van der Waals surface area contributed by atoms with Crippen LogP contribution in [0.4, 0.5) is 4.39 Å². The molecule has 0 radical (unpaired) electrons. The molecule has 0 unspecified atom stereocenters. The van der Waals surface area contributed by atoms with Crippen molar-refractivity contribution in [3.63, 3.8) is 0 Å². The Morgan fingerprint density at radius 1 is 1.33 bits per heavy atom. The summed E-state index contributed by atoms with van der Waals surface area (Å²) >= 11 is 0. The topological polar surface area (TPSA) is 17.1 Å². The van der Waals surface area contributed by atoms with E-state index >= 15 is 0 Å². The van der Waals surface area contributed by atoms with Crippen LogP contribution >= 0.6 is 0 Å². The highest BCUT2D eigenvalue weighted by Gasteiger charge is 2.00. The van der Waals surface area contributed by atoms with E-state index in [9.17, 15) is 9.18 Å². The SMILES string of the molecule is C/C(F)=C/C(=O)c1ccccc1. The van der Waals surface area contributed by atoms with Gasteiger partial charge in [0.1, 0.15) is 5.83 Å². The third-order valence-electron chi connectivity index (χ3n) is 1.39. The minimum atomic E-state index is -0.469. The van der Waals surface area contributed by atoms with Gasteiger partial charge in [0.15, 0.2) is 5.78 Å². The van der Waals surface area contributed by atoms with E-state index in [1.54, 1.807) is 24.3 Å². The third-order valence-corrected chi connectivity index (χ3v) is 1.39. The van der Waals surface area contributed by atoms with Gasteiger partial charge in [-0.15, -0.1) is 0 Å². The Kier molecular flexibility index (Phi) is 2.75. The molecular formula is C10H9FO. The molecule has 0 saturated heterocycles. The molecule has 1 aromatic carbocycles. The number of ketones is 1. The van der Waals surface area contributed by atoms with Gasteiger partial charge >= 0.3 is 0 Å². The van der Waals surface area contributed by atoms with Crippen molar-refractivity contribution in [1.29, 1.82) is 0 Å². The zero-order chi connectivity index (χ0) is 8.97. The average Bonchev–Trinajstić information content (AvgIpc) is 2.05. The summed E-state index contributed by atoms with van der Waals surface area (Å²) in [5.41, 5.74) is 0.509. The van der Waals surface area contributed by atoms with Crippen LogP contribution in [0.5, 0.6) is 0 Å². The van der Waals surface area contributed by atoms with Crippen LogP contribution in [0.1, 0.15) is 17.3 Å². The van der Waals surface area contributed by atoms with Crippen LogP contribution in [-0.4, -0.2) is 5.78 Å². The highest BCUT2D eigenvalue weighted by molar-refractivity contribution is 6.04. The van der Waals surface area contributed by atoms with Crippen LogP contribution in [0.3, 0.4) is 0 Å². The first kappa shape index (κ1) is 8.65. The van der Waals surface area contributed by atoms with Crippen molar-refractivity contribution < 1.29 is 9.18 Å². The zero-order valence-corrected chi connectivity index (χ0v) is 6.75. The predicted molar refractivity (Wildman–Crippen MR) is 45.6 cm³/mol. The number of rotatable bonds is 2. The second-order valence-electron chi connectivity index (χ2n) is 2.46. The summed E-state index contributed by atoms with van der Waals surface area (Å²) in [5, 5.41) is 0. The summed E-state index contributed by atoms with van der Waals surface area (Å²) in [6, 6.07) is 8.61. The number of allylic oxidation sites excluding steroid dienone is 2. The van der Waals surface area contributed by atoms with Crippen molar-refractivity contribution in [2.45, 2.75) is 6.92 Å². The molecule has 0 heterocycles. The number of benzene rings is 1. The largest absolute Gasteiger partial charge is 0.289 e. The minimum absolute atomic E-state index is 0.296. The minimum Gasteiger partial charge on any atom is -0.289 e. The van der Waals surface area contributed by atoms with E-state index in [1.165, 1.54) is 6.92 Å². The van der Waals surface area contributed by atoms with Gasteiger partial charge in [-0.05, 0) is 6.92 Å². The molecule has 0 bridgehead atoms. The Morgan fingerprint density at radius 3 is 2.42 bits per heavy atom. The predicted octanol–water partition coefficient (Wildman–Crippen LogP) is 2.74. The van der Waals surface area contributed by atoms with Gasteiger partial charge in [-0.3, -0.25) is 4.79 Å². The second kappa shape index (κ2) is 3.81. The van der Waals surface area contributed by atoms with Crippen molar-refractivity contribution in [3.8, 4) is 0 Å². The molecule has 1 aromatic rings. The summed E-state index contributed by atoms with van der Waals surface area (Å²) in [6.07, 6.45) is 0.981. The van der Waals surface area contributed by atoms with E-state index in [0.717, 1.165) is 6.08 Å². The Bertz CT molecular complexity index is 297. The summed E-state index contributed by atoms with van der Waals surface area (Å²) in [4.78, 5) is 11.1. The molecule has 0 aliphatic heterocycles. The van der Waals surface area contributed by atoms with E-state index in [1.807, 2.05) is 6.07 Å². The van der Waals surface area contributed by atoms with E-state index in [4.69, 9.17) is 0 Å². The van der Waals surface area contributed by atoms with Crippen LogP contribution in [0.15, 0.2) is 42.2 Å². The molecule has 0 aliphatic carbocycles. The van der Waals surface area contributed by atoms with Gasteiger partial charge in [-0.1, -0.05) is 30.3 Å². The van der Waals surface area contributed by atoms with Crippen LogP contribution in [0, 0.1) is 0 Å². The molecule has 0 amide bonds. The van der Waals surface area contributed by atoms with E-state index in [0.29, 0.717) is 5.56 Å². The molecule has 12 heavy (non-hydrogen) atoms. The maximum absolute atomic E-state index is 12.3. The van der Waals surface area contributed by atoms with Gasteiger partial charge in [0.05, 0.1) is 0 Å². The van der Waals surface area contributed by atoms with Crippen molar-refractivity contribution in [2.75, 3.05) is 0 Å². The van der Waals surface area contributed by atoms with Gasteiger partial charge in [0.2, 0.25) is 0 Å². The molecular weight excluding hydrogens is 155 g/mol. The highest BCUT2D eigenvalue weighted by atomic mass is 19.1. The fraction of sp³-hybridized carbons (Fsp3) is 0.100. The van der Waals surface area contributed by atoms with Crippen molar-refractivity contribution in [3.05, 3.63) is 47.8 Å². The summed E-state index contributed by atoms with van der Waals surface area (Å²) < 4.78 is 12.3. The Balaban J connectivity index is 2.87. The van der Waals surface area contributed by atoms with E-state index in [2.05, 4.69) is 0 Å². The van der Waals surface area contributed by atoms with E-state index in [-0.39, 0.29) is 5.78 Å². The first-order chi connectivity index (χ1) is 5.70. The van der Waals surface area contributed by atoms with Gasteiger partial charge in [-0.25, -0.2) is 4.39 Å². The number of carbonyl (C=O) groups excluding carboxylic acids is 1. The van der Waals surface area contributed by atoms with Gasteiger partial charge in [-0.2, -0.15) is 0 Å². The first-order valence-corrected chi connectivity index (χ1v) is 3.63. The van der Waals surface area contributed by atoms with Crippen LogP contribution in [0.25, 0.3) is 0 Å². The molecule has 0 N–H and O–H groups in total. The fourth-order valence-electron chi connectivity index (χ4n) is 0.866. The number of hydrogen-bond donors (Lipinski definition) is 0. The number of carbonyl (C=O) groups is 1. The molecule has 0 aliphatic rings. The lowest BCUT2D eigenvalue weighted by molar-refractivity contribution is 0.104. The molecule has 1 nitrogen and oxygen atoms in total. The number of hydrogen-bond acceptors (Lipinski definition) is 1. The fourth-order valence-corrected chi connectivity index (χ4v) is 0.866. The van der Waals surface area contributed by atoms with Crippen molar-refractivity contribution >= 4 is 5.78 Å². The maximum Gasteiger partial charge on any atom is 0.188 e. The van der Waals surface area contributed by atoms with Gasteiger partial charge in [0.25, 0.3) is 0 Å². The molecule has 0 atom stereocenters. The summed E-state index contributed by atoms with van der Waals surface area (Å²) in [7, 11) is 0. The normalized spacial score (nSPS) is 11.3. The van der Waals surface area contributed by atoms with Crippen molar-refractivity contribution in [2.24, 2.45) is 0 Å². The Morgan fingerprint density at radius 2 is 1.92 bits per heavy atom. The average molecular weight is 164 g/mol. The van der Waals surface area contributed by atoms with Crippen LogP contribution in [-0.2, 0) is 0 Å². The second-order valence-corrected chi connectivity index (χ2v) is 2.46. The smallest absolute Gasteiger partial charge is 0.188 e. The quantitative estimate of drug-likeness (QED) is 0.485. The lowest BCUT2D eigenvalue weighted by Gasteiger charge is -1.92. The monoisotopic (exact) mass is 164 g/mol. The summed E-state index contributed by atoms with van der Waals surface area (Å²) in [6.45, 7) is 1.25. The summed E-state index contributed by atoms with van der Waals surface area (Å²) in [5.74, 6) is -0.764. The Hall–Kier alpha value is -1.44. The van der Waals surface area contributed by atoms with Gasteiger partial charge in [0, 0.05) is 11.6 Å². The van der Waals surface area contributed by atoms with E-state index < -0.39 is 5.83 Å². The zero-order valence-electron chi connectivity index (χ0n) is 6.75. The molecule has 0 fully saturated rings. The maximum atomic E-state index is 12.3. The molecule has 0 spiro atoms. The molecule has 0 saturated carbocycles. The first-order valence-electron chi connectivity index (χ1n) is 3.63. The molecule has 0 aromatic heterocycles. The number of halogens is 1. The Labute approximate surface area is 70.5 Å². The van der Waals surface area contributed by atoms with Crippen molar-refractivity contribution in [1.82, 2.24) is 0 Å². The lowest BCUT2D eigenvalue weighted by Crippen LogP contribution is -1.93. The highest BCUT2D eigenvalue weighted by Crippen LogP contribution is 2.03. The standard InChI is InChI=1S/C10H9FO/c1-8(11)7-10(12)9-5-3-2-4-6-9/h2-7H,1H3/b8-7-. The van der Waals surface area contributed by atoms with Crippen LogP contribution < -0.4 is 0 Å². The van der Waals surface area contributed by atoms with Gasteiger partial charge < -0.3 is 0 Å². The lowest BCUT2D eigenvalue weighted by atomic mass is 10.1. The third kappa shape index (κ3) is 2.31. The van der Waals surface area contributed by atoms with Crippen LogP contribution in [0.2, 0.25) is 0 Å².